The van der Waals surface area contributed by atoms with E-state index in [0.29, 0.717) is 30.5 Å². The molecule has 0 saturated carbocycles. The minimum atomic E-state index is 0.0742. The van der Waals surface area contributed by atoms with Gasteiger partial charge in [-0.05, 0) is 43.5 Å². The van der Waals surface area contributed by atoms with Gasteiger partial charge in [-0.1, -0.05) is 17.3 Å². The maximum atomic E-state index is 12.9. The normalized spacial score (nSPS) is 15.2. The lowest BCUT2D eigenvalue weighted by atomic mass is 10.0. The number of H-pyrrole nitrogens is 1. The molecule has 1 aliphatic rings. The largest absolute Gasteiger partial charge is 0.361 e. The summed E-state index contributed by atoms with van der Waals surface area (Å²) in [5.74, 6) is 1.16. The van der Waals surface area contributed by atoms with Crippen molar-refractivity contribution in [2.24, 2.45) is 0 Å². The highest BCUT2D eigenvalue weighted by molar-refractivity contribution is 5.98. The van der Waals surface area contributed by atoms with Crippen molar-refractivity contribution in [2.75, 3.05) is 13.1 Å². The van der Waals surface area contributed by atoms with Gasteiger partial charge >= 0.3 is 0 Å². The van der Waals surface area contributed by atoms with E-state index >= 15 is 0 Å². The van der Waals surface area contributed by atoms with Crippen LogP contribution in [0.1, 0.15) is 48.4 Å². The predicted octanol–water partition coefficient (Wildman–Crippen LogP) is 3.24. The lowest BCUT2D eigenvalue weighted by molar-refractivity contribution is 0.0689. The summed E-state index contributed by atoms with van der Waals surface area (Å²) >= 11 is 0. The highest BCUT2D eigenvalue weighted by atomic mass is 16.5. The minimum absolute atomic E-state index is 0.0742. The van der Waals surface area contributed by atoms with Gasteiger partial charge in [-0.3, -0.25) is 4.79 Å². The molecule has 0 bridgehead atoms. The summed E-state index contributed by atoms with van der Waals surface area (Å²) in [5.41, 5.74) is 2.35. The molecule has 0 radical (unpaired) electrons. The summed E-state index contributed by atoms with van der Waals surface area (Å²) < 4.78 is 7.15. The average molecular weight is 405 g/mol. The Kier molecular flexibility index (Phi) is 4.78. The van der Waals surface area contributed by atoms with Crippen molar-refractivity contribution in [3.05, 3.63) is 48.0 Å². The zero-order chi connectivity index (χ0) is 20.5. The standard InChI is InChI=1S/C21H23N7O2/c1-2-3-19-23-20(30-25-19)18-13-28(26-24-18)16-7-10-27(11-8-16)21(29)15-4-5-17-14(12-15)6-9-22-17/h4-6,9,12-13,16,22H,2-3,7-8,10-11H2,1H3. The van der Waals surface area contributed by atoms with Crippen LogP contribution in [0.2, 0.25) is 0 Å². The number of fused-ring (bicyclic) bond motifs is 1. The van der Waals surface area contributed by atoms with Gasteiger partial charge in [-0.2, -0.15) is 4.98 Å². The number of hydrogen-bond donors (Lipinski definition) is 1. The van der Waals surface area contributed by atoms with Crippen molar-refractivity contribution in [1.29, 1.82) is 0 Å². The third kappa shape index (κ3) is 3.47. The van der Waals surface area contributed by atoms with Gasteiger partial charge in [0.25, 0.3) is 11.8 Å². The molecule has 0 unspecified atom stereocenters. The molecular weight excluding hydrogens is 382 g/mol. The monoisotopic (exact) mass is 405 g/mol. The van der Waals surface area contributed by atoms with Crippen molar-refractivity contribution in [2.45, 2.75) is 38.6 Å². The number of aryl methyl sites for hydroxylation is 1. The number of hydrogen-bond acceptors (Lipinski definition) is 6. The van der Waals surface area contributed by atoms with Crippen LogP contribution in [-0.4, -0.2) is 54.0 Å². The van der Waals surface area contributed by atoms with Crippen LogP contribution in [0.4, 0.5) is 0 Å². The lowest BCUT2D eigenvalue weighted by Crippen LogP contribution is -2.39. The molecule has 30 heavy (non-hydrogen) atoms. The summed E-state index contributed by atoms with van der Waals surface area (Å²) in [6, 6.07) is 7.96. The molecule has 0 atom stereocenters. The first-order valence-corrected chi connectivity index (χ1v) is 10.3. The van der Waals surface area contributed by atoms with Gasteiger partial charge in [0.05, 0.1) is 12.2 Å². The van der Waals surface area contributed by atoms with Crippen LogP contribution in [-0.2, 0) is 6.42 Å². The smallest absolute Gasteiger partial charge is 0.280 e. The van der Waals surface area contributed by atoms with Gasteiger partial charge in [0.2, 0.25) is 0 Å². The van der Waals surface area contributed by atoms with Crippen LogP contribution in [0.15, 0.2) is 41.2 Å². The molecule has 4 heterocycles. The van der Waals surface area contributed by atoms with Crippen LogP contribution in [0.25, 0.3) is 22.5 Å². The Labute approximate surface area is 173 Å². The number of benzene rings is 1. The number of carbonyl (C=O) groups is 1. The van der Waals surface area contributed by atoms with Crippen LogP contribution in [0.5, 0.6) is 0 Å². The van der Waals surface area contributed by atoms with Gasteiger partial charge in [-0.15, -0.1) is 5.10 Å². The molecule has 0 aliphatic carbocycles. The molecule has 154 valence electrons. The Bertz CT molecular complexity index is 1170. The molecule has 9 nitrogen and oxygen atoms in total. The van der Waals surface area contributed by atoms with Gasteiger partial charge in [0.15, 0.2) is 11.5 Å². The molecule has 3 aromatic heterocycles. The highest BCUT2D eigenvalue weighted by Gasteiger charge is 2.26. The molecular formula is C21H23N7O2. The Morgan fingerprint density at radius 3 is 2.97 bits per heavy atom. The number of likely N-dealkylation sites (tertiary alicyclic amines) is 1. The molecule has 5 rings (SSSR count). The maximum absolute atomic E-state index is 12.9. The summed E-state index contributed by atoms with van der Waals surface area (Å²) in [6.07, 6.45) is 7.13. The Balaban J connectivity index is 1.23. The van der Waals surface area contributed by atoms with E-state index in [9.17, 15) is 4.79 Å². The van der Waals surface area contributed by atoms with E-state index in [1.54, 1.807) is 0 Å². The van der Waals surface area contributed by atoms with E-state index in [1.807, 2.05) is 46.2 Å². The Morgan fingerprint density at radius 1 is 1.27 bits per heavy atom. The zero-order valence-corrected chi connectivity index (χ0v) is 16.8. The molecule has 4 aromatic rings. The van der Waals surface area contributed by atoms with Crippen molar-refractivity contribution in [3.63, 3.8) is 0 Å². The number of nitrogens with zero attached hydrogens (tertiary/aromatic N) is 6. The van der Waals surface area contributed by atoms with Gasteiger partial charge < -0.3 is 14.4 Å². The summed E-state index contributed by atoms with van der Waals surface area (Å²) in [7, 11) is 0. The molecule has 1 N–H and O–H groups in total. The molecule has 1 aromatic carbocycles. The molecule has 1 fully saturated rings. The number of piperidine rings is 1. The van der Waals surface area contributed by atoms with Crippen LogP contribution >= 0.6 is 0 Å². The van der Waals surface area contributed by atoms with Crippen LogP contribution < -0.4 is 0 Å². The zero-order valence-electron chi connectivity index (χ0n) is 16.8. The van der Waals surface area contributed by atoms with E-state index in [2.05, 4.69) is 32.4 Å². The first kappa shape index (κ1) is 18.5. The number of nitrogens with one attached hydrogen (secondary N) is 1. The summed E-state index contributed by atoms with van der Waals surface area (Å²) in [5, 5.41) is 13.5. The van der Waals surface area contributed by atoms with Gasteiger partial charge in [-0.25, -0.2) is 4.68 Å². The number of amides is 1. The van der Waals surface area contributed by atoms with Crippen molar-refractivity contribution in [3.8, 4) is 11.6 Å². The van der Waals surface area contributed by atoms with Gasteiger partial charge in [0.1, 0.15) is 0 Å². The SMILES string of the molecule is CCCc1noc(-c2cn(C3CCN(C(=O)c4ccc5[nH]ccc5c4)CC3)nn2)n1. The fraction of sp³-hybridized carbons (Fsp3) is 0.381. The maximum Gasteiger partial charge on any atom is 0.280 e. The van der Waals surface area contributed by atoms with Crippen LogP contribution in [0.3, 0.4) is 0 Å². The van der Waals surface area contributed by atoms with Crippen molar-refractivity contribution in [1.82, 2.24) is 35.0 Å². The number of aromatic nitrogens is 6. The molecule has 0 spiro atoms. The quantitative estimate of drug-likeness (QED) is 0.546. The third-order valence-corrected chi connectivity index (χ3v) is 5.60. The highest BCUT2D eigenvalue weighted by Crippen LogP contribution is 2.25. The molecule has 1 amide bonds. The van der Waals surface area contributed by atoms with E-state index in [-0.39, 0.29) is 11.9 Å². The second-order valence-electron chi connectivity index (χ2n) is 7.65. The lowest BCUT2D eigenvalue weighted by Gasteiger charge is -2.31. The van der Waals surface area contributed by atoms with E-state index in [1.165, 1.54) is 0 Å². The second-order valence-corrected chi connectivity index (χ2v) is 7.65. The summed E-state index contributed by atoms with van der Waals surface area (Å²) in [4.78, 5) is 22.3. The predicted molar refractivity (Wildman–Crippen MR) is 110 cm³/mol. The first-order valence-electron chi connectivity index (χ1n) is 10.3. The van der Waals surface area contributed by atoms with Crippen molar-refractivity contribution < 1.29 is 9.32 Å². The van der Waals surface area contributed by atoms with E-state index in [0.717, 1.165) is 42.1 Å². The third-order valence-electron chi connectivity index (χ3n) is 5.60. The van der Waals surface area contributed by atoms with Crippen LogP contribution in [0, 0.1) is 0 Å². The fourth-order valence-corrected chi connectivity index (χ4v) is 3.94. The number of aromatic amines is 1. The molecule has 1 aliphatic heterocycles. The van der Waals surface area contributed by atoms with Crippen molar-refractivity contribution >= 4 is 16.8 Å². The van der Waals surface area contributed by atoms with E-state index < -0.39 is 0 Å². The topological polar surface area (TPSA) is 106 Å². The fourth-order valence-electron chi connectivity index (χ4n) is 3.94. The Morgan fingerprint density at radius 2 is 2.13 bits per heavy atom. The number of rotatable bonds is 5. The summed E-state index contributed by atoms with van der Waals surface area (Å²) in [6.45, 7) is 3.44. The van der Waals surface area contributed by atoms with Gasteiger partial charge in [0, 0.05) is 42.2 Å². The first-order chi connectivity index (χ1) is 14.7. The molecule has 1 saturated heterocycles. The second kappa shape index (κ2) is 7.74. The van der Waals surface area contributed by atoms with E-state index in [4.69, 9.17) is 4.52 Å². The minimum Gasteiger partial charge on any atom is -0.361 e. The Hall–Kier alpha value is -3.49. The molecule has 9 heteroatoms. The average Bonchev–Trinajstić information content (AvgIpc) is 3.53. The number of carbonyl (C=O) groups excluding carboxylic acids is 1.